The van der Waals surface area contributed by atoms with E-state index >= 15 is 0 Å². The molecule has 6 aromatic rings. The van der Waals surface area contributed by atoms with Gasteiger partial charge in [0.1, 0.15) is 24.7 Å². The summed E-state index contributed by atoms with van der Waals surface area (Å²) in [6.45, 7) is 0.706. The Morgan fingerprint density at radius 1 is 0.667 bits per heavy atom. The highest BCUT2D eigenvalue weighted by molar-refractivity contribution is 6.36. The third-order valence-electron chi connectivity index (χ3n) is 9.45. The summed E-state index contributed by atoms with van der Waals surface area (Å²) in [5.74, 6) is -0.0251. The molecule has 2 aromatic heterocycles. The molecule has 0 spiro atoms. The molecule has 8 heteroatoms. The quantitative estimate of drug-likeness (QED) is 0.0882. The highest BCUT2D eigenvalue weighted by atomic mass is 16.5. The minimum absolute atomic E-state index is 0.180. The number of aromatic nitrogens is 2. The van der Waals surface area contributed by atoms with Gasteiger partial charge in [0.05, 0.1) is 22.4 Å². The lowest BCUT2D eigenvalue weighted by Gasteiger charge is -2.41. The third-order valence-corrected chi connectivity index (χ3v) is 9.45. The number of ether oxygens (including phenoxy) is 2. The minimum atomic E-state index is -1.18. The molecule has 240 valence electrons. The number of para-hydroxylation sites is 2. The number of carboxylic acids is 1. The first-order valence-electron chi connectivity index (χ1n) is 16.1. The van der Waals surface area contributed by atoms with Crippen LogP contribution in [0.15, 0.2) is 126 Å². The van der Waals surface area contributed by atoms with Crippen LogP contribution in [0.25, 0.3) is 21.8 Å². The predicted octanol–water partition coefficient (Wildman–Crippen LogP) is 8.33. The number of hydrogen-bond acceptors (Lipinski definition) is 7. The second-order valence-electron chi connectivity index (χ2n) is 12.3. The number of fused-ring (bicyclic) bond motifs is 2. The molecule has 0 bridgehead atoms. The number of pyridine rings is 2. The number of nitrogens with zero attached hydrogens (tertiary/aromatic N) is 3. The summed E-state index contributed by atoms with van der Waals surface area (Å²) in [6.07, 6.45) is 2.52. The number of carboxylic acid groups (broad SMARTS) is 1. The zero-order valence-corrected chi connectivity index (χ0v) is 26.3. The fourth-order valence-corrected chi connectivity index (χ4v) is 6.86. The Morgan fingerprint density at radius 3 is 1.56 bits per heavy atom. The van der Waals surface area contributed by atoms with Crippen molar-refractivity contribution in [3.8, 4) is 11.5 Å². The second-order valence-corrected chi connectivity index (χ2v) is 12.3. The summed E-state index contributed by atoms with van der Waals surface area (Å²) in [7, 11) is 0. The minimum Gasteiger partial charge on any atom is -0.487 e. The van der Waals surface area contributed by atoms with Crippen molar-refractivity contribution in [1.82, 2.24) is 9.97 Å². The van der Waals surface area contributed by atoms with Crippen molar-refractivity contribution in [1.29, 1.82) is 0 Å². The molecular formula is C40H35N3O5. The molecule has 1 aliphatic rings. The van der Waals surface area contributed by atoms with Crippen LogP contribution < -0.4 is 9.47 Å². The number of hydrogen-bond donors (Lipinski definition) is 2. The van der Waals surface area contributed by atoms with Crippen LogP contribution in [-0.4, -0.2) is 32.0 Å². The maximum Gasteiger partial charge on any atom is 0.353 e. The Labute approximate surface area is 278 Å². The highest BCUT2D eigenvalue weighted by Crippen LogP contribution is 2.47. The number of carbonyl (C=O) groups is 1. The van der Waals surface area contributed by atoms with E-state index in [9.17, 15) is 15.1 Å². The molecule has 2 heterocycles. The Morgan fingerprint density at radius 2 is 1.12 bits per heavy atom. The van der Waals surface area contributed by atoms with Gasteiger partial charge in [0.25, 0.3) is 0 Å². The van der Waals surface area contributed by atoms with Gasteiger partial charge in [0.2, 0.25) is 0 Å². The average Bonchev–Trinajstić information content (AvgIpc) is 3.14. The first-order valence-corrected chi connectivity index (χ1v) is 16.1. The zero-order chi connectivity index (χ0) is 32.9. The maximum atomic E-state index is 11.7. The van der Waals surface area contributed by atoms with Gasteiger partial charge >= 0.3 is 5.97 Å². The number of benzene rings is 4. The number of aliphatic carboxylic acids is 1. The number of rotatable bonds is 10. The van der Waals surface area contributed by atoms with E-state index in [1.165, 1.54) is 0 Å². The SMILES string of the molecule is O=C(O)/C(=N\O)C1CCC(c2ccc(OCc3ccc4ccccc4n3)cc2)(c2ccc(OCc3ccc4ccccc4n3)cc2)CC1. The van der Waals surface area contributed by atoms with E-state index in [0.717, 1.165) is 55.8 Å². The van der Waals surface area contributed by atoms with E-state index in [2.05, 4.69) is 41.6 Å². The normalized spacial score (nSPS) is 15.0. The summed E-state index contributed by atoms with van der Waals surface area (Å²) in [6, 6.07) is 40.4. The second kappa shape index (κ2) is 13.5. The molecule has 0 radical (unpaired) electrons. The molecular weight excluding hydrogens is 602 g/mol. The Kier molecular flexibility index (Phi) is 8.71. The molecule has 0 amide bonds. The lowest BCUT2D eigenvalue weighted by molar-refractivity contribution is -0.129. The fraction of sp³-hybridized carbons (Fsp3) is 0.200. The topological polar surface area (TPSA) is 114 Å². The predicted molar refractivity (Wildman–Crippen MR) is 185 cm³/mol. The van der Waals surface area contributed by atoms with Crippen LogP contribution in [0.4, 0.5) is 0 Å². The Balaban J connectivity index is 1.09. The average molecular weight is 638 g/mol. The van der Waals surface area contributed by atoms with E-state index in [0.29, 0.717) is 38.9 Å². The molecule has 1 aliphatic carbocycles. The molecule has 2 N–H and O–H groups in total. The van der Waals surface area contributed by atoms with Crippen molar-refractivity contribution in [3.05, 3.63) is 144 Å². The molecule has 1 saturated carbocycles. The van der Waals surface area contributed by atoms with Gasteiger partial charge in [-0.05, 0) is 85.3 Å². The summed E-state index contributed by atoms with van der Waals surface area (Å²) in [5.41, 5.74) is 5.26. The summed E-state index contributed by atoms with van der Waals surface area (Å²) in [4.78, 5) is 21.2. The van der Waals surface area contributed by atoms with E-state index < -0.39 is 5.97 Å². The van der Waals surface area contributed by atoms with Gasteiger partial charge in [-0.1, -0.05) is 78.0 Å². The van der Waals surface area contributed by atoms with Gasteiger partial charge in [-0.25, -0.2) is 14.8 Å². The van der Waals surface area contributed by atoms with Crippen LogP contribution in [0.1, 0.15) is 48.2 Å². The van der Waals surface area contributed by atoms with Gasteiger partial charge < -0.3 is 19.8 Å². The van der Waals surface area contributed by atoms with Crippen LogP contribution in [0.5, 0.6) is 11.5 Å². The van der Waals surface area contributed by atoms with Crippen LogP contribution in [-0.2, 0) is 23.4 Å². The first kappa shape index (κ1) is 30.9. The van der Waals surface area contributed by atoms with E-state index in [-0.39, 0.29) is 17.0 Å². The zero-order valence-electron chi connectivity index (χ0n) is 26.3. The summed E-state index contributed by atoms with van der Waals surface area (Å²) >= 11 is 0. The monoisotopic (exact) mass is 637 g/mol. The molecule has 0 atom stereocenters. The molecule has 0 aliphatic heterocycles. The Bertz CT molecular complexity index is 1960. The molecule has 8 nitrogen and oxygen atoms in total. The fourth-order valence-electron chi connectivity index (χ4n) is 6.86. The smallest absolute Gasteiger partial charge is 0.353 e. The van der Waals surface area contributed by atoms with Crippen molar-refractivity contribution >= 4 is 33.5 Å². The molecule has 0 saturated heterocycles. The van der Waals surface area contributed by atoms with E-state index in [1.807, 2.05) is 84.9 Å². The van der Waals surface area contributed by atoms with Gasteiger partial charge in [0.15, 0.2) is 5.71 Å². The van der Waals surface area contributed by atoms with Crippen molar-refractivity contribution in [2.24, 2.45) is 11.1 Å². The molecule has 1 fully saturated rings. The van der Waals surface area contributed by atoms with E-state index in [4.69, 9.17) is 19.4 Å². The lowest BCUT2D eigenvalue weighted by Crippen LogP contribution is -2.37. The van der Waals surface area contributed by atoms with Crippen LogP contribution in [0.2, 0.25) is 0 Å². The van der Waals surface area contributed by atoms with Crippen LogP contribution >= 0.6 is 0 Å². The molecule has 4 aromatic carbocycles. The Hall–Kier alpha value is -5.76. The van der Waals surface area contributed by atoms with Crippen LogP contribution in [0.3, 0.4) is 0 Å². The first-order chi connectivity index (χ1) is 23.5. The van der Waals surface area contributed by atoms with Gasteiger partial charge in [-0.3, -0.25) is 0 Å². The number of oxime groups is 1. The van der Waals surface area contributed by atoms with Gasteiger partial charge in [0, 0.05) is 22.1 Å². The van der Waals surface area contributed by atoms with Crippen LogP contribution in [0, 0.1) is 5.92 Å². The summed E-state index contributed by atoms with van der Waals surface area (Å²) < 4.78 is 12.2. The maximum absolute atomic E-state index is 11.7. The lowest BCUT2D eigenvalue weighted by atomic mass is 9.62. The van der Waals surface area contributed by atoms with Crippen molar-refractivity contribution < 1.29 is 24.6 Å². The van der Waals surface area contributed by atoms with Crippen molar-refractivity contribution in [2.45, 2.75) is 44.3 Å². The van der Waals surface area contributed by atoms with Crippen molar-refractivity contribution in [3.63, 3.8) is 0 Å². The highest BCUT2D eigenvalue weighted by Gasteiger charge is 2.41. The molecule has 7 rings (SSSR count). The largest absolute Gasteiger partial charge is 0.487 e. The molecule has 48 heavy (non-hydrogen) atoms. The summed E-state index contributed by atoms with van der Waals surface area (Å²) in [5, 5.41) is 24.3. The van der Waals surface area contributed by atoms with Gasteiger partial charge in [-0.15, -0.1) is 0 Å². The van der Waals surface area contributed by atoms with Gasteiger partial charge in [-0.2, -0.15) is 0 Å². The molecule has 0 unspecified atom stereocenters. The standard InChI is InChI=1S/C40H35N3O5/c44-39(45)38(43-46)29-21-23-40(24-22-29,30-11-17-34(18-12-30)47-25-32-15-9-27-5-1-3-7-36(27)41-32)31-13-19-35(20-14-31)48-26-33-16-10-28-6-2-4-8-37(28)42-33/h1-20,29,46H,21-26H2,(H,44,45)/b43-38-. The van der Waals surface area contributed by atoms with Crippen molar-refractivity contribution in [2.75, 3.05) is 0 Å². The van der Waals surface area contributed by atoms with E-state index in [1.54, 1.807) is 0 Å². The third kappa shape index (κ3) is 6.42.